The Labute approximate surface area is 100 Å². The molecule has 1 unspecified atom stereocenters. The average molecular weight is 239 g/mol. The third-order valence-electron chi connectivity index (χ3n) is 1.77. The molecule has 1 rings (SSSR count). The van der Waals surface area contributed by atoms with Gasteiger partial charge in [-0.2, -0.15) is 0 Å². The first kappa shape index (κ1) is 13.1. The highest BCUT2D eigenvalue weighted by Gasteiger charge is 2.23. The smallest absolute Gasteiger partial charge is 0.408 e. The Kier molecular flexibility index (Phi) is 4.17. The van der Waals surface area contributed by atoms with Crippen molar-refractivity contribution in [2.75, 3.05) is 0 Å². The van der Waals surface area contributed by atoms with Gasteiger partial charge in [-0.3, -0.25) is 5.43 Å². The minimum absolute atomic E-state index is 0.314. The molecule has 0 aliphatic carbocycles. The summed E-state index contributed by atoms with van der Waals surface area (Å²) >= 11 is 0. The lowest BCUT2D eigenvalue weighted by Gasteiger charge is -2.22. The average Bonchev–Trinajstić information content (AvgIpc) is 2.66. The van der Waals surface area contributed by atoms with E-state index in [0.717, 1.165) is 0 Å². The molecule has 0 spiro atoms. The zero-order chi connectivity index (χ0) is 12.9. The third-order valence-corrected chi connectivity index (χ3v) is 1.77. The Morgan fingerprint density at radius 1 is 1.65 bits per heavy atom. The summed E-state index contributed by atoms with van der Waals surface area (Å²) in [6.45, 7) is 5.37. The van der Waals surface area contributed by atoms with Crippen LogP contribution < -0.4 is 21.8 Å². The molecule has 0 radical (unpaired) electrons. The molecule has 7 heteroatoms. The van der Waals surface area contributed by atoms with E-state index in [9.17, 15) is 4.79 Å². The molecule has 0 aromatic carbocycles. The molecule has 0 saturated carbocycles. The number of amides is 1. The number of nitrogens with one attached hydrogen (secondary N) is 4. The summed E-state index contributed by atoms with van der Waals surface area (Å²) < 4.78 is 5.13. The van der Waals surface area contributed by atoms with Crippen molar-refractivity contribution in [3.63, 3.8) is 0 Å². The van der Waals surface area contributed by atoms with Crippen molar-refractivity contribution in [1.29, 1.82) is 0 Å². The minimum Gasteiger partial charge on any atom is -0.444 e. The number of terminal acetylenes is 1. The summed E-state index contributed by atoms with van der Waals surface area (Å²) in [4.78, 5) is 11.6. The molecular weight excluding hydrogens is 222 g/mol. The second-order valence-electron chi connectivity index (χ2n) is 4.47. The van der Waals surface area contributed by atoms with Gasteiger partial charge in [0.1, 0.15) is 11.6 Å². The molecule has 1 heterocycles. The molecule has 4 N–H and O–H groups in total. The van der Waals surface area contributed by atoms with E-state index < -0.39 is 17.7 Å². The highest BCUT2D eigenvalue weighted by Crippen LogP contribution is 2.07. The summed E-state index contributed by atoms with van der Waals surface area (Å²) in [7, 11) is 0. The summed E-state index contributed by atoms with van der Waals surface area (Å²) in [5.74, 6) is 2.97. The molecule has 0 saturated heterocycles. The zero-order valence-corrected chi connectivity index (χ0v) is 10.1. The fraction of sp³-hybridized carbons (Fsp3) is 0.600. The van der Waals surface area contributed by atoms with Crippen LogP contribution in [0.4, 0.5) is 4.79 Å². The minimum atomic E-state index is -0.549. The van der Waals surface area contributed by atoms with Gasteiger partial charge in [0.15, 0.2) is 5.84 Å². The largest absolute Gasteiger partial charge is 0.444 e. The number of carbonyl (C=O) groups is 1. The number of hydrogen-bond donors (Lipinski definition) is 4. The van der Waals surface area contributed by atoms with E-state index in [-0.39, 0.29) is 0 Å². The molecule has 0 aromatic rings. The van der Waals surface area contributed by atoms with Gasteiger partial charge in [-0.15, -0.1) is 23.0 Å². The molecule has 1 aliphatic rings. The number of hydrogen-bond acceptors (Lipinski definition) is 6. The van der Waals surface area contributed by atoms with Crippen LogP contribution in [-0.4, -0.2) is 23.6 Å². The van der Waals surface area contributed by atoms with Crippen LogP contribution >= 0.6 is 0 Å². The maximum Gasteiger partial charge on any atom is 0.408 e. The first-order valence-corrected chi connectivity index (χ1v) is 5.19. The molecule has 0 fully saturated rings. The van der Waals surface area contributed by atoms with E-state index in [1.54, 1.807) is 20.8 Å². The normalized spacial score (nSPS) is 16.0. The number of ether oxygens (including phenoxy) is 1. The Morgan fingerprint density at radius 2 is 2.35 bits per heavy atom. The number of nitrogens with zero attached hydrogens (tertiary/aromatic N) is 1. The van der Waals surface area contributed by atoms with Gasteiger partial charge in [0.05, 0.1) is 0 Å². The quantitative estimate of drug-likeness (QED) is 0.514. The lowest BCUT2D eigenvalue weighted by molar-refractivity contribution is 0.0518. The van der Waals surface area contributed by atoms with Crippen molar-refractivity contribution in [2.24, 2.45) is 5.10 Å². The lowest BCUT2D eigenvalue weighted by atomic mass is 10.2. The first-order valence-electron chi connectivity index (χ1n) is 5.19. The number of hydrazone groups is 1. The predicted octanol–water partition coefficient (Wildman–Crippen LogP) is -0.171. The van der Waals surface area contributed by atoms with Gasteiger partial charge < -0.3 is 10.1 Å². The van der Waals surface area contributed by atoms with E-state index in [2.05, 4.69) is 32.8 Å². The number of amidine groups is 1. The Balaban J connectivity index is 2.55. The summed E-state index contributed by atoms with van der Waals surface area (Å²) in [5.41, 5.74) is 7.25. The number of alkyl carbamates (subject to hydrolysis) is 1. The van der Waals surface area contributed by atoms with Crippen LogP contribution in [0, 0.1) is 12.3 Å². The van der Waals surface area contributed by atoms with Gasteiger partial charge in [-0.05, 0) is 20.8 Å². The highest BCUT2D eigenvalue weighted by molar-refractivity contribution is 5.90. The fourth-order valence-electron chi connectivity index (χ4n) is 1.16. The van der Waals surface area contributed by atoms with Crippen molar-refractivity contribution in [3.05, 3.63) is 0 Å². The van der Waals surface area contributed by atoms with Gasteiger partial charge in [-0.1, -0.05) is 0 Å². The Hall–Kier alpha value is -1.94. The fourth-order valence-corrected chi connectivity index (χ4v) is 1.16. The molecule has 94 valence electrons. The summed E-state index contributed by atoms with van der Waals surface area (Å²) in [6, 6.07) is -0.419. The van der Waals surface area contributed by atoms with Crippen molar-refractivity contribution in [2.45, 2.75) is 38.8 Å². The van der Waals surface area contributed by atoms with E-state index in [1.807, 2.05) is 0 Å². The van der Waals surface area contributed by atoms with E-state index in [1.165, 1.54) is 0 Å². The molecule has 0 bridgehead atoms. The Morgan fingerprint density at radius 3 is 2.82 bits per heavy atom. The number of carbonyl (C=O) groups excluding carboxylic acids is 1. The highest BCUT2D eigenvalue weighted by atomic mass is 16.6. The maximum atomic E-state index is 11.6. The molecular formula is C10H17N5O2. The molecule has 7 nitrogen and oxygen atoms in total. The Bertz CT molecular complexity index is 353. The second-order valence-corrected chi connectivity index (χ2v) is 4.47. The van der Waals surface area contributed by atoms with Crippen molar-refractivity contribution >= 4 is 11.9 Å². The maximum absolute atomic E-state index is 11.6. The van der Waals surface area contributed by atoms with Gasteiger partial charge >= 0.3 is 6.09 Å². The topological polar surface area (TPSA) is 86.8 Å². The summed E-state index contributed by atoms with van der Waals surface area (Å²) in [6.07, 6.45) is 5.02. The van der Waals surface area contributed by atoms with Crippen LogP contribution in [0.25, 0.3) is 0 Å². The number of rotatable bonds is 3. The number of hydrazine groups is 2. The third kappa shape index (κ3) is 4.61. The van der Waals surface area contributed by atoms with Gasteiger partial charge in [0.25, 0.3) is 0 Å². The van der Waals surface area contributed by atoms with Crippen LogP contribution in [0.5, 0.6) is 0 Å². The standard InChI is InChI=1S/C10H17N5O2/c1-5-6-7(8-12-14-15-13-8)11-9(16)17-10(2,3)4/h1,7,14-15H,6H2,2-4H3,(H,11,16)(H,12,13). The van der Waals surface area contributed by atoms with E-state index >= 15 is 0 Å². The van der Waals surface area contributed by atoms with Gasteiger partial charge in [0, 0.05) is 6.42 Å². The monoisotopic (exact) mass is 239 g/mol. The predicted molar refractivity (Wildman–Crippen MR) is 63.4 cm³/mol. The molecule has 17 heavy (non-hydrogen) atoms. The SMILES string of the molecule is C#CCC(NC(=O)OC(C)(C)C)C1=NNNN1. The van der Waals surface area contributed by atoms with Crippen molar-refractivity contribution in [3.8, 4) is 12.3 Å². The van der Waals surface area contributed by atoms with E-state index in [0.29, 0.717) is 12.3 Å². The first-order chi connectivity index (χ1) is 7.92. The summed E-state index contributed by atoms with van der Waals surface area (Å²) in [5, 5.41) is 6.52. The van der Waals surface area contributed by atoms with Crippen LogP contribution in [0.15, 0.2) is 5.10 Å². The van der Waals surface area contributed by atoms with Crippen molar-refractivity contribution in [1.82, 2.24) is 21.8 Å². The molecule has 0 aromatic heterocycles. The van der Waals surface area contributed by atoms with Crippen LogP contribution in [-0.2, 0) is 4.74 Å². The zero-order valence-electron chi connectivity index (χ0n) is 10.1. The van der Waals surface area contributed by atoms with Crippen molar-refractivity contribution < 1.29 is 9.53 Å². The molecule has 1 atom stereocenters. The lowest BCUT2D eigenvalue weighted by Crippen LogP contribution is -2.49. The van der Waals surface area contributed by atoms with Crippen LogP contribution in [0.1, 0.15) is 27.2 Å². The van der Waals surface area contributed by atoms with Gasteiger partial charge in [-0.25, -0.2) is 10.3 Å². The molecule has 1 amide bonds. The molecule has 1 aliphatic heterocycles. The van der Waals surface area contributed by atoms with Crippen LogP contribution in [0.3, 0.4) is 0 Å². The second kappa shape index (κ2) is 5.41. The van der Waals surface area contributed by atoms with E-state index in [4.69, 9.17) is 11.2 Å². The van der Waals surface area contributed by atoms with Crippen LogP contribution in [0.2, 0.25) is 0 Å². The van der Waals surface area contributed by atoms with Gasteiger partial charge in [0.2, 0.25) is 0 Å².